The van der Waals surface area contributed by atoms with Crippen LogP contribution in [0.5, 0.6) is 0 Å². The number of aliphatic hydroxyl groups is 1. The highest BCUT2D eigenvalue weighted by molar-refractivity contribution is 5.80. The van der Waals surface area contributed by atoms with Gasteiger partial charge in [0.2, 0.25) is 11.8 Å². The van der Waals surface area contributed by atoms with E-state index < -0.39 is 6.10 Å². The van der Waals surface area contributed by atoms with Crippen LogP contribution in [-0.4, -0.2) is 69.1 Å². The van der Waals surface area contributed by atoms with Gasteiger partial charge in [-0.05, 0) is 6.42 Å². The highest BCUT2D eigenvalue weighted by Crippen LogP contribution is 2.13. The molecule has 1 atom stereocenters. The summed E-state index contributed by atoms with van der Waals surface area (Å²) in [5.74, 6) is -0.431. The third-order valence-corrected chi connectivity index (χ3v) is 5.98. The van der Waals surface area contributed by atoms with Crippen LogP contribution >= 0.6 is 0 Å². The van der Waals surface area contributed by atoms with E-state index in [4.69, 9.17) is 15.2 Å². The Morgan fingerprint density at radius 1 is 0.714 bits per heavy atom. The Balaban J connectivity index is 3.37. The molecule has 0 radical (unpaired) electrons. The summed E-state index contributed by atoms with van der Waals surface area (Å²) in [6.07, 6.45) is 17.9. The fourth-order valence-electron chi connectivity index (χ4n) is 3.83. The van der Waals surface area contributed by atoms with Crippen molar-refractivity contribution in [3.05, 3.63) is 0 Å². The fourth-order valence-corrected chi connectivity index (χ4v) is 3.83. The molecule has 35 heavy (non-hydrogen) atoms. The van der Waals surface area contributed by atoms with Crippen molar-refractivity contribution < 1.29 is 24.2 Å². The molecule has 0 fully saturated rings. The number of hydrogen-bond donors (Lipinski definition) is 4. The van der Waals surface area contributed by atoms with Crippen LogP contribution in [0.4, 0.5) is 0 Å². The number of unbranched alkanes of at least 4 members (excludes halogenated alkanes) is 13. The quantitative estimate of drug-likeness (QED) is 0.127. The van der Waals surface area contributed by atoms with Gasteiger partial charge >= 0.3 is 0 Å². The van der Waals surface area contributed by atoms with Crippen LogP contribution < -0.4 is 16.4 Å². The molecule has 0 aliphatic rings. The molecule has 0 saturated heterocycles. The summed E-state index contributed by atoms with van der Waals surface area (Å²) < 4.78 is 10.5. The molecule has 0 aromatic rings. The second-order valence-corrected chi connectivity index (χ2v) is 9.31. The van der Waals surface area contributed by atoms with Crippen LogP contribution in [0.15, 0.2) is 0 Å². The Bertz CT molecular complexity index is 480. The van der Waals surface area contributed by atoms with E-state index in [1.807, 2.05) is 0 Å². The summed E-state index contributed by atoms with van der Waals surface area (Å²) in [5.41, 5.74) is 5.30. The van der Waals surface area contributed by atoms with Gasteiger partial charge in [-0.25, -0.2) is 0 Å². The Hall–Kier alpha value is -1.22. The first kappa shape index (κ1) is 33.8. The molecule has 8 heteroatoms. The van der Waals surface area contributed by atoms with Gasteiger partial charge in [0.1, 0.15) is 6.10 Å². The first-order valence-corrected chi connectivity index (χ1v) is 14.2. The molecule has 0 rings (SSSR count). The van der Waals surface area contributed by atoms with E-state index in [9.17, 15) is 14.7 Å². The van der Waals surface area contributed by atoms with Gasteiger partial charge in [-0.15, -0.1) is 0 Å². The standard InChI is InChI=1S/C27H55N3O5/c1-2-3-4-5-6-7-8-9-10-11-12-13-14-15-16-25(31)27(33)30-20-24-35-23-19-29-26(32)17-21-34-22-18-28/h25,31H,2-24,28H2,1H3,(H,29,32)(H,30,33). The molecule has 2 amide bonds. The first-order valence-electron chi connectivity index (χ1n) is 14.2. The summed E-state index contributed by atoms with van der Waals surface area (Å²) in [7, 11) is 0. The van der Waals surface area contributed by atoms with Crippen LogP contribution in [0.1, 0.15) is 110 Å². The number of carbonyl (C=O) groups excluding carboxylic acids is 2. The molecular formula is C27H55N3O5. The van der Waals surface area contributed by atoms with Crippen molar-refractivity contribution in [1.82, 2.24) is 10.6 Å². The van der Waals surface area contributed by atoms with E-state index in [0.717, 1.165) is 12.8 Å². The van der Waals surface area contributed by atoms with Gasteiger partial charge in [-0.2, -0.15) is 0 Å². The molecule has 5 N–H and O–H groups in total. The third kappa shape index (κ3) is 25.7. The number of amides is 2. The molecule has 0 heterocycles. The van der Waals surface area contributed by atoms with Crippen LogP contribution in [-0.2, 0) is 19.1 Å². The van der Waals surface area contributed by atoms with Gasteiger partial charge in [0.15, 0.2) is 0 Å². The monoisotopic (exact) mass is 501 g/mol. The highest BCUT2D eigenvalue weighted by Gasteiger charge is 2.13. The summed E-state index contributed by atoms with van der Waals surface area (Å²) in [5, 5.41) is 15.4. The molecule has 0 aromatic heterocycles. The van der Waals surface area contributed by atoms with E-state index >= 15 is 0 Å². The minimum Gasteiger partial charge on any atom is -0.383 e. The zero-order valence-electron chi connectivity index (χ0n) is 22.5. The summed E-state index contributed by atoms with van der Waals surface area (Å²) in [6.45, 7) is 4.98. The fraction of sp³-hybridized carbons (Fsp3) is 0.926. The lowest BCUT2D eigenvalue weighted by atomic mass is 10.0. The zero-order chi connectivity index (χ0) is 25.8. The Labute approximate surface area is 214 Å². The average molecular weight is 502 g/mol. The molecule has 0 saturated carbocycles. The van der Waals surface area contributed by atoms with Gasteiger partial charge in [-0.3, -0.25) is 9.59 Å². The topological polar surface area (TPSA) is 123 Å². The lowest BCUT2D eigenvalue weighted by molar-refractivity contribution is -0.129. The van der Waals surface area contributed by atoms with Crippen LogP contribution in [0.25, 0.3) is 0 Å². The molecule has 0 bridgehead atoms. The van der Waals surface area contributed by atoms with E-state index in [2.05, 4.69) is 17.6 Å². The maximum atomic E-state index is 11.9. The third-order valence-electron chi connectivity index (χ3n) is 5.98. The summed E-state index contributed by atoms with van der Waals surface area (Å²) in [6, 6.07) is 0. The van der Waals surface area contributed by atoms with Crippen molar-refractivity contribution in [2.75, 3.05) is 46.1 Å². The van der Waals surface area contributed by atoms with Crippen molar-refractivity contribution in [3.8, 4) is 0 Å². The van der Waals surface area contributed by atoms with Crippen LogP contribution in [0.3, 0.4) is 0 Å². The maximum Gasteiger partial charge on any atom is 0.248 e. The minimum absolute atomic E-state index is 0.0921. The smallest absolute Gasteiger partial charge is 0.248 e. The predicted octanol–water partition coefficient (Wildman–Crippen LogP) is 3.83. The normalized spacial score (nSPS) is 12.0. The highest BCUT2D eigenvalue weighted by atomic mass is 16.5. The molecule has 0 spiro atoms. The van der Waals surface area contributed by atoms with E-state index in [1.54, 1.807) is 0 Å². The Morgan fingerprint density at radius 2 is 1.20 bits per heavy atom. The summed E-state index contributed by atoms with van der Waals surface area (Å²) >= 11 is 0. The van der Waals surface area contributed by atoms with Crippen molar-refractivity contribution in [3.63, 3.8) is 0 Å². The predicted molar refractivity (Wildman–Crippen MR) is 142 cm³/mol. The maximum absolute atomic E-state index is 11.9. The van der Waals surface area contributed by atoms with Crippen LogP contribution in [0.2, 0.25) is 0 Å². The molecule has 208 valence electrons. The number of carbonyl (C=O) groups is 2. The van der Waals surface area contributed by atoms with Gasteiger partial charge < -0.3 is 30.9 Å². The van der Waals surface area contributed by atoms with Gasteiger partial charge in [0, 0.05) is 26.1 Å². The molecule has 8 nitrogen and oxygen atoms in total. The van der Waals surface area contributed by atoms with Crippen molar-refractivity contribution in [2.45, 2.75) is 116 Å². The number of rotatable bonds is 27. The number of aliphatic hydroxyl groups excluding tert-OH is 1. The molecule has 1 unspecified atom stereocenters. The molecule has 0 aromatic carbocycles. The molecular weight excluding hydrogens is 446 g/mol. The lowest BCUT2D eigenvalue weighted by Gasteiger charge is -2.12. The van der Waals surface area contributed by atoms with Crippen molar-refractivity contribution >= 4 is 11.8 Å². The van der Waals surface area contributed by atoms with Gasteiger partial charge in [0.25, 0.3) is 0 Å². The Morgan fingerprint density at radius 3 is 1.74 bits per heavy atom. The lowest BCUT2D eigenvalue weighted by Crippen LogP contribution is -2.36. The summed E-state index contributed by atoms with van der Waals surface area (Å²) in [4.78, 5) is 23.5. The number of nitrogens with two attached hydrogens (primary N) is 1. The van der Waals surface area contributed by atoms with Gasteiger partial charge in [-0.1, -0.05) is 96.8 Å². The van der Waals surface area contributed by atoms with E-state index in [-0.39, 0.29) is 11.8 Å². The number of ether oxygens (including phenoxy) is 2. The number of nitrogens with one attached hydrogen (secondary N) is 2. The van der Waals surface area contributed by atoms with E-state index in [1.165, 1.54) is 77.0 Å². The Kier molecular flexibility index (Phi) is 26.4. The first-order chi connectivity index (χ1) is 17.1. The van der Waals surface area contributed by atoms with Gasteiger partial charge in [0.05, 0.1) is 26.4 Å². The second kappa shape index (κ2) is 27.4. The second-order valence-electron chi connectivity index (χ2n) is 9.31. The van der Waals surface area contributed by atoms with Crippen molar-refractivity contribution in [2.24, 2.45) is 5.73 Å². The average Bonchev–Trinajstić information content (AvgIpc) is 2.86. The molecule has 0 aliphatic heterocycles. The van der Waals surface area contributed by atoms with Crippen molar-refractivity contribution in [1.29, 1.82) is 0 Å². The minimum atomic E-state index is -0.951. The number of hydrogen-bond acceptors (Lipinski definition) is 6. The SMILES string of the molecule is CCCCCCCCCCCCCCCCC(O)C(=O)NCCOCCNC(=O)CCOCCN. The zero-order valence-corrected chi connectivity index (χ0v) is 22.5. The van der Waals surface area contributed by atoms with E-state index in [0.29, 0.717) is 58.9 Å². The molecule has 0 aliphatic carbocycles. The largest absolute Gasteiger partial charge is 0.383 e. The van der Waals surface area contributed by atoms with Crippen LogP contribution in [0, 0.1) is 0 Å².